The van der Waals surface area contributed by atoms with Crippen molar-refractivity contribution in [2.75, 3.05) is 7.11 Å². The van der Waals surface area contributed by atoms with Crippen molar-refractivity contribution in [3.63, 3.8) is 0 Å². The van der Waals surface area contributed by atoms with Crippen LogP contribution in [0.2, 0.25) is 0 Å². The van der Waals surface area contributed by atoms with Crippen molar-refractivity contribution in [3.05, 3.63) is 0 Å². The Morgan fingerprint density at radius 3 is 2.40 bits per heavy atom. The number of aliphatic carboxylic acids is 1. The molecule has 0 saturated heterocycles. The van der Waals surface area contributed by atoms with Crippen molar-refractivity contribution in [2.45, 2.75) is 45.3 Å². The van der Waals surface area contributed by atoms with Crippen LogP contribution in [0.4, 0.5) is 0 Å². The summed E-state index contributed by atoms with van der Waals surface area (Å²) in [6.07, 6.45) is 0.145. The van der Waals surface area contributed by atoms with Gasteiger partial charge >= 0.3 is 5.97 Å². The van der Waals surface area contributed by atoms with Gasteiger partial charge in [0.25, 0.3) is 0 Å². The van der Waals surface area contributed by atoms with Gasteiger partial charge in [-0.1, -0.05) is 0 Å². The summed E-state index contributed by atoms with van der Waals surface area (Å²) < 4.78 is 5.09. The van der Waals surface area contributed by atoms with Crippen LogP contribution in [-0.4, -0.2) is 35.7 Å². The van der Waals surface area contributed by atoms with E-state index < -0.39 is 11.6 Å². The maximum absolute atomic E-state index is 11.4. The SMILES string of the molecule is COC(C)(C)CC(=O)NC(C)CC(=O)O. The normalized spacial score (nSPS) is 13.3. The second-order valence-electron chi connectivity index (χ2n) is 4.21. The Kier molecular flexibility index (Phi) is 5.28. The number of hydrogen-bond donors (Lipinski definition) is 2. The highest BCUT2D eigenvalue weighted by atomic mass is 16.5. The smallest absolute Gasteiger partial charge is 0.305 e. The number of carboxylic acids is 1. The van der Waals surface area contributed by atoms with Gasteiger partial charge in [-0.25, -0.2) is 0 Å². The number of ether oxygens (including phenoxy) is 1. The lowest BCUT2D eigenvalue weighted by atomic mass is 10.0. The minimum Gasteiger partial charge on any atom is -0.481 e. The van der Waals surface area contributed by atoms with Crippen LogP contribution in [0.5, 0.6) is 0 Å². The molecule has 0 radical (unpaired) electrons. The Morgan fingerprint density at radius 1 is 1.47 bits per heavy atom. The summed E-state index contributed by atoms with van der Waals surface area (Å²) >= 11 is 0. The lowest BCUT2D eigenvalue weighted by molar-refractivity contribution is -0.137. The van der Waals surface area contributed by atoms with E-state index in [1.807, 2.05) is 0 Å². The summed E-state index contributed by atoms with van der Waals surface area (Å²) in [5, 5.41) is 11.1. The lowest BCUT2D eigenvalue weighted by Crippen LogP contribution is -2.39. The van der Waals surface area contributed by atoms with E-state index in [0.29, 0.717) is 0 Å². The van der Waals surface area contributed by atoms with Crippen LogP contribution < -0.4 is 5.32 Å². The minimum atomic E-state index is -0.922. The highest BCUT2D eigenvalue weighted by molar-refractivity contribution is 5.78. The molecule has 0 aromatic carbocycles. The molecule has 0 aliphatic heterocycles. The minimum absolute atomic E-state index is 0.0703. The van der Waals surface area contributed by atoms with E-state index in [0.717, 1.165) is 0 Å². The third-order valence-electron chi connectivity index (χ3n) is 2.03. The Morgan fingerprint density at radius 2 is 2.00 bits per heavy atom. The fourth-order valence-electron chi connectivity index (χ4n) is 1.10. The molecule has 0 aromatic rings. The molecular weight excluding hydrogens is 198 g/mol. The zero-order valence-corrected chi connectivity index (χ0v) is 9.66. The summed E-state index contributed by atoms with van der Waals surface area (Å²) in [5.74, 6) is -1.12. The molecule has 1 amide bonds. The Hall–Kier alpha value is -1.10. The molecule has 5 nitrogen and oxygen atoms in total. The van der Waals surface area contributed by atoms with Crippen molar-refractivity contribution in [1.29, 1.82) is 0 Å². The predicted octanol–water partition coefficient (Wildman–Crippen LogP) is 0.781. The molecule has 0 aliphatic carbocycles. The average Bonchev–Trinajstić information content (AvgIpc) is 2.00. The molecular formula is C10H19NO4. The van der Waals surface area contributed by atoms with Crippen molar-refractivity contribution in [1.82, 2.24) is 5.32 Å². The number of nitrogens with one attached hydrogen (secondary N) is 1. The van der Waals surface area contributed by atoms with Crippen LogP contribution in [0.1, 0.15) is 33.6 Å². The first-order valence-electron chi connectivity index (χ1n) is 4.83. The lowest BCUT2D eigenvalue weighted by Gasteiger charge is -2.23. The first-order valence-corrected chi connectivity index (χ1v) is 4.83. The maximum atomic E-state index is 11.4. The van der Waals surface area contributed by atoms with Gasteiger partial charge in [0.15, 0.2) is 0 Å². The molecule has 1 atom stereocenters. The van der Waals surface area contributed by atoms with Crippen LogP contribution in [-0.2, 0) is 14.3 Å². The topological polar surface area (TPSA) is 75.6 Å². The van der Waals surface area contributed by atoms with Crippen LogP contribution in [0, 0.1) is 0 Å². The Bertz CT molecular complexity index is 238. The molecule has 0 spiro atoms. The number of hydrogen-bond acceptors (Lipinski definition) is 3. The van der Waals surface area contributed by atoms with Gasteiger partial charge in [-0.3, -0.25) is 9.59 Å². The third kappa shape index (κ3) is 6.90. The van der Waals surface area contributed by atoms with Gasteiger partial charge in [0.05, 0.1) is 18.4 Å². The van der Waals surface area contributed by atoms with Gasteiger partial charge in [0.2, 0.25) is 5.91 Å². The van der Waals surface area contributed by atoms with Crippen LogP contribution in [0.15, 0.2) is 0 Å². The number of carbonyl (C=O) groups excluding carboxylic acids is 1. The maximum Gasteiger partial charge on any atom is 0.305 e. The number of carboxylic acid groups (broad SMARTS) is 1. The van der Waals surface area contributed by atoms with E-state index in [4.69, 9.17) is 9.84 Å². The molecule has 0 rings (SSSR count). The molecule has 0 fully saturated rings. The van der Waals surface area contributed by atoms with Gasteiger partial charge in [0.1, 0.15) is 0 Å². The number of methoxy groups -OCH3 is 1. The fourth-order valence-corrected chi connectivity index (χ4v) is 1.10. The van der Waals surface area contributed by atoms with Crippen molar-refractivity contribution in [2.24, 2.45) is 0 Å². The second kappa shape index (κ2) is 5.70. The Balaban J connectivity index is 3.98. The zero-order valence-electron chi connectivity index (χ0n) is 9.66. The van der Waals surface area contributed by atoms with Gasteiger partial charge in [0, 0.05) is 13.2 Å². The largest absolute Gasteiger partial charge is 0.481 e. The second-order valence-corrected chi connectivity index (χ2v) is 4.21. The number of amides is 1. The highest BCUT2D eigenvalue weighted by Gasteiger charge is 2.22. The van der Waals surface area contributed by atoms with Crippen LogP contribution in [0.3, 0.4) is 0 Å². The van der Waals surface area contributed by atoms with Gasteiger partial charge in [-0.05, 0) is 20.8 Å². The van der Waals surface area contributed by atoms with E-state index in [1.54, 1.807) is 20.8 Å². The van der Waals surface area contributed by atoms with E-state index in [9.17, 15) is 9.59 Å². The van der Waals surface area contributed by atoms with Crippen LogP contribution >= 0.6 is 0 Å². The molecule has 0 aliphatic rings. The van der Waals surface area contributed by atoms with Crippen molar-refractivity contribution < 1.29 is 19.4 Å². The number of rotatable bonds is 6. The monoisotopic (exact) mass is 217 g/mol. The van der Waals surface area contributed by atoms with E-state index in [-0.39, 0.29) is 24.8 Å². The predicted molar refractivity (Wildman–Crippen MR) is 55.6 cm³/mol. The molecule has 0 bridgehead atoms. The molecule has 15 heavy (non-hydrogen) atoms. The quantitative estimate of drug-likeness (QED) is 0.689. The summed E-state index contributed by atoms with van der Waals surface area (Å²) in [4.78, 5) is 21.8. The number of carbonyl (C=O) groups is 2. The Labute approximate surface area is 89.8 Å². The standard InChI is InChI=1S/C10H19NO4/c1-7(5-9(13)14)11-8(12)6-10(2,3)15-4/h7H,5-6H2,1-4H3,(H,11,12)(H,13,14). The molecule has 2 N–H and O–H groups in total. The first-order chi connectivity index (χ1) is 6.76. The summed E-state index contributed by atoms with van der Waals surface area (Å²) in [5.41, 5.74) is -0.521. The molecule has 0 heterocycles. The summed E-state index contributed by atoms with van der Waals surface area (Å²) in [7, 11) is 1.54. The van der Waals surface area contributed by atoms with E-state index in [1.165, 1.54) is 7.11 Å². The average molecular weight is 217 g/mol. The third-order valence-corrected chi connectivity index (χ3v) is 2.03. The zero-order chi connectivity index (χ0) is 12.1. The molecule has 88 valence electrons. The molecule has 0 aromatic heterocycles. The summed E-state index contributed by atoms with van der Waals surface area (Å²) in [6, 6.07) is -0.359. The van der Waals surface area contributed by atoms with Gasteiger partial charge in [-0.2, -0.15) is 0 Å². The molecule has 1 unspecified atom stereocenters. The van der Waals surface area contributed by atoms with E-state index in [2.05, 4.69) is 5.32 Å². The summed E-state index contributed by atoms with van der Waals surface area (Å²) in [6.45, 7) is 5.26. The molecule has 0 saturated carbocycles. The van der Waals surface area contributed by atoms with Crippen molar-refractivity contribution >= 4 is 11.9 Å². The van der Waals surface area contributed by atoms with Crippen LogP contribution in [0.25, 0.3) is 0 Å². The van der Waals surface area contributed by atoms with Gasteiger partial charge in [-0.15, -0.1) is 0 Å². The fraction of sp³-hybridized carbons (Fsp3) is 0.800. The van der Waals surface area contributed by atoms with Gasteiger partial charge < -0.3 is 15.2 Å². The molecule has 5 heteroatoms. The first kappa shape index (κ1) is 13.9. The van der Waals surface area contributed by atoms with Crippen molar-refractivity contribution in [3.8, 4) is 0 Å². The highest BCUT2D eigenvalue weighted by Crippen LogP contribution is 2.12. The van der Waals surface area contributed by atoms with E-state index >= 15 is 0 Å².